The lowest BCUT2D eigenvalue weighted by atomic mass is 10.1. The highest BCUT2D eigenvalue weighted by atomic mass is 16.5. The van der Waals surface area contributed by atoms with E-state index in [9.17, 15) is 4.79 Å². The van der Waals surface area contributed by atoms with Crippen molar-refractivity contribution in [3.63, 3.8) is 0 Å². The Morgan fingerprint density at radius 1 is 1.28 bits per heavy atom. The number of nitrogens with one attached hydrogen (secondary N) is 1. The van der Waals surface area contributed by atoms with Gasteiger partial charge in [-0.05, 0) is 48.4 Å². The van der Waals surface area contributed by atoms with Crippen molar-refractivity contribution in [2.75, 3.05) is 7.11 Å². The van der Waals surface area contributed by atoms with Gasteiger partial charge in [0.15, 0.2) is 0 Å². The molecule has 4 heteroatoms. The number of aromatic amines is 1. The lowest BCUT2D eigenvalue weighted by Crippen LogP contribution is -2.11. The number of hydrogen-bond donors (Lipinski definition) is 1. The van der Waals surface area contributed by atoms with Gasteiger partial charge in [-0.15, -0.1) is 0 Å². The Labute approximate surface area is 104 Å². The largest absolute Gasteiger partial charge is 0.497 e. The predicted molar refractivity (Wildman–Crippen MR) is 68.5 cm³/mol. The standard InChI is InChI=1S/C14H12N2O2/c1-9-7-11(8-15)14(17)16-13(9)10-3-5-12(18-2)6-4-10/h3-7H,1-2H3,(H,16,17). The van der Waals surface area contributed by atoms with Gasteiger partial charge in [-0.2, -0.15) is 5.26 Å². The lowest BCUT2D eigenvalue weighted by Gasteiger charge is -2.07. The van der Waals surface area contributed by atoms with Crippen LogP contribution in [0.1, 0.15) is 11.1 Å². The molecule has 1 aromatic carbocycles. The van der Waals surface area contributed by atoms with Crippen molar-refractivity contribution in [2.24, 2.45) is 0 Å². The number of nitriles is 1. The first kappa shape index (κ1) is 11.9. The number of H-pyrrole nitrogens is 1. The Balaban J connectivity index is 2.54. The van der Waals surface area contributed by atoms with E-state index >= 15 is 0 Å². The fourth-order valence-electron chi connectivity index (χ4n) is 1.77. The van der Waals surface area contributed by atoms with E-state index in [2.05, 4.69) is 4.98 Å². The molecule has 0 amide bonds. The molecule has 0 bridgehead atoms. The summed E-state index contributed by atoms with van der Waals surface area (Å²) in [5.41, 5.74) is 2.23. The first-order valence-corrected chi connectivity index (χ1v) is 5.44. The molecule has 0 aliphatic heterocycles. The molecule has 1 aromatic heterocycles. The maximum atomic E-state index is 11.6. The fraction of sp³-hybridized carbons (Fsp3) is 0.143. The third-order valence-corrected chi connectivity index (χ3v) is 2.74. The van der Waals surface area contributed by atoms with Crippen LogP contribution in [-0.4, -0.2) is 12.1 Å². The Morgan fingerprint density at radius 3 is 2.50 bits per heavy atom. The van der Waals surface area contributed by atoms with Crippen LogP contribution in [0.25, 0.3) is 11.3 Å². The number of pyridine rings is 1. The normalized spacial score (nSPS) is 9.83. The van der Waals surface area contributed by atoms with Gasteiger partial charge >= 0.3 is 0 Å². The fourth-order valence-corrected chi connectivity index (χ4v) is 1.77. The second kappa shape index (κ2) is 4.76. The van der Waals surface area contributed by atoms with Gasteiger partial charge in [-0.1, -0.05) is 0 Å². The third-order valence-electron chi connectivity index (χ3n) is 2.74. The maximum absolute atomic E-state index is 11.6. The number of aromatic nitrogens is 1. The molecular formula is C14H12N2O2. The molecule has 2 aromatic rings. The van der Waals surface area contributed by atoms with Gasteiger partial charge in [0, 0.05) is 0 Å². The molecule has 4 nitrogen and oxygen atoms in total. The summed E-state index contributed by atoms with van der Waals surface area (Å²) in [5.74, 6) is 0.757. The molecule has 0 aliphatic rings. The third kappa shape index (κ3) is 2.11. The van der Waals surface area contributed by atoms with Gasteiger partial charge in [-0.25, -0.2) is 0 Å². The minimum absolute atomic E-state index is 0.129. The molecule has 0 radical (unpaired) electrons. The highest BCUT2D eigenvalue weighted by Gasteiger charge is 2.07. The van der Waals surface area contributed by atoms with E-state index in [0.29, 0.717) is 0 Å². The Kier molecular flexibility index (Phi) is 3.16. The summed E-state index contributed by atoms with van der Waals surface area (Å²) in [5, 5.41) is 8.79. The van der Waals surface area contributed by atoms with Crippen molar-refractivity contribution >= 4 is 0 Å². The zero-order chi connectivity index (χ0) is 13.1. The first-order valence-electron chi connectivity index (χ1n) is 5.44. The van der Waals surface area contributed by atoms with E-state index in [-0.39, 0.29) is 11.1 Å². The van der Waals surface area contributed by atoms with Crippen molar-refractivity contribution in [3.8, 4) is 23.1 Å². The molecule has 0 atom stereocenters. The number of nitrogens with zero attached hydrogens (tertiary/aromatic N) is 1. The Bertz CT molecular complexity index is 664. The average molecular weight is 240 g/mol. The van der Waals surface area contributed by atoms with E-state index in [1.807, 2.05) is 37.3 Å². The van der Waals surface area contributed by atoms with Gasteiger partial charge in [0.2, 0.25) is 0 Å². The van der Waals surface area contributed by atoms with Gasteiger partial charge in [-0.3, -0.25) is 4.79 Å². The van der Waals surface area contributed by atoms with Gasteiger partial charge < -0.3 is 9.72 Å². The molecule has 0 saturated heterocycles. The molecule has 1 heterocycles. The van der Waals surface area contributed by atoms with Crippen molar-refractivity contribution < 1.29 is 4.74 Å². The molecule has 0 saturated carbocycles. The maximum Gasteiger partial charge on any atom is 0.266 e. The number of aryl methyl sites for hydroxylation is 1. The molecule has 1 N–H and O–H groups in total. The van der Waals surface area contributed by atoms with Crippen molar-refractivity contribution in [1.29, 1.82) is 5.26 Å². The average Bonchev–Trinajstić information content (AvgIpc) is 2.41. The molecule has 0 spiro atoms. The Morgan fingerprint density at radius 2 is 1.94 bits per heavy atom. The Hall–Kier alpha value is -2.54. The molecule has 0 fully saturated rings. The monoisotopic (exact) mass is 240 g/mol. The summed E-state index contributed by atoms with van der Waals surface area (Å²) in [7, 11) is 1.60. The van der Waals surface area contributed by atoms with E-state index in [1.165, 1.54) is 0 Å². The lowest BCUT2D eigenvalue weighted by molar-refractivity contribution is 0.415. The second-order valence-electron chi connectivity index (χ2n) is 3.91. The highest BCUT2D eigenvalue weighted by Crippen LogP contribution is 2.22. The molecule has 18 heavy (non-hydrogen) atoms. The van der Waals surface area contributed by atoms with E-state index in [1.54, 1.807) is 13.2 Å². The number of rotatable bonds is 2. The smallest absolute Gasteiger partial charge is 0.266 e. The molecular weight excluding hydrogens is 228 g/mol. The molecule has 90 valence electrons. The number of benzene rings is 1. The summed E-state index contributed by atoms with van der Waals surface area (Å²) in [6.07, 6.45) is 0. The topological polar surface area (TPSA) is 65.9 Å². The van der Waals surface area contributed by atoms with Crippen LogP contribution in [0.15, 0.2) is 35.1 Å². The first-order chi connectivity index (χ1) is 8.65. The summed E-state index contributed by atoms with van der Waals surface area (Å²) < 4.78 is 5.08. The van der Waals surface area contributed by atoms with Gasteiger partial charge in [0.1, 0.15) is 17.4 Å². The van der Waals surface area contributed by atoms with Crippen LogP contribution in [0.3, 0.4) is 0 Å². The van der Waals surface area contributed by atoms with E-state index in [4.69, 9.17) is 10.00 Å². The molecule has 0 unspecified atom stereocenters. The number of ether oxygens (including phenoxy) is 1. The van der Waals surface area contributed by atoms with Crippen LogP contribution in [-0.2, 0) is 0 Å². The molecule has 2 rings (SSSR count). The minimum atomic E-state index is -0.367. The summed E-state index contributed by atoms with van der Waals surface area (Å²) >= 11 is 0. The van der Waals surface area contributed by atoms with Crippen molar-refractivity contribution in [2.45, 2.75) is 6.92 Å². The quantitative estimate of drug-likeness (QED) is 0.875. The predicted octanol–water partition coefficient (Wildman–Crippen LogP) is 2.23. The van der Waals surface area contributed by atoms with Crippen LogP contribution in [0.5, 0.6) is 5.75 Å². The van der Waals surface area contributed by atoms with E-state index < -0.39 is 0 Å². The van der Waals surface area contributed by atoms with Crippen LogP contribution >= 0.6 is 0 Å². The number of methoxy groups -OCH3 is 1. The second-order valence-corrected chi connectivity index (χ2v) is 3.91. The highest BCUT2D eigenvalue weighted by molar-refractivity contribution is 5.64. The van der Waals surface area contributed by atoms with Gasteiger partial charge in [0.05, 0.1) is 12.8 Å². The van der Waals surface area contributed by atoms with Crippen molar-refractivity contribution in [3.05, 3.63) is 51.8 Å². The van der Waals surface area contributed by atoms with Crippen LogP contribution in [0.4, 0.5) is 0 Å². The van der Waals surface area contributed by atoms with E-state index in [0.717, 1.165) is 22.6 Å². The molecule has 0 aliphatic carbocycles. The van der Waals surface area contributed by atoms with Crippen LogP contribution in [0.2, 0.25) is 0 Å². The zero-order valence-corrected chi connectivity index (χ0v) is 10.2. The van der Waals surface area contributed by atoms with Crippen LogP contribution in [0, 0.1) is 18.3 Å². The minimum Gasteiger partial charge on any atom is -0.497 e. The van der Waals surface area contributed by atoms with Crippen molar-refractivity contribution in [1.82, 2.24) is 4.98 Å². The van der Waals surface area contributed by atoms with Gasteiger partial charge in [0.25, 0.3) is 5.56 Å². The summed E-state index contributed by atoms with van der Waals surface area (Å²) in [6, 6.07) is 10.8. The summed E-state index contributed by atoms with van der Waals surface area (Å²) in [6.45, 7) is 1.86. The zero-order valence-electron chi connectivity index (χ0n) is 10.2. The number of hydrogen-bond acceptors (Lipinski definition) is 3. The summed E-state index contributed by atoms with van der Waals surface area (Å²) in [4.78, 5) is 14.3. The van der Waals surface area contributed by atoms with Crippen LogP contribution < -0.4 is 10.3 Å². The SMILES string of the molecule is COc1ccc(-c2[nH]c(=O)c(C#N)cc2C)cc1.